The van der Waals surface area contributed by atoms with Crippen LogP contribution in [0.1, 0.15) is 19.8 Å². The lowest BCUT2D eigenvalue weighted by Gasteiger charge is -2.13. The predicted molar refractivity (Wildman–Crippen MR) is 51.3 cm³/mol. The van der Waals surface area contributed by atoms with Gasteiger partial charge in [0.05, 0.1) is 4.92 Å². The van der Waals surface area contributed by atoms with Crippen molar-refractivity contribution in [3.63, 3.8) is 0 Å². The molecule has 0 radical (unpaired) electrons. The number of nitro groups is 1. The second-order valence-electron chi connectivity index (χ2n) is 4.02. The molecular formula is C10H9F2NO3. The van der Waals surface area contributed by atoms with E-state index in [-0.39, 0.29) is 5.75 Å². The van der Waals surface area contributed by atoms with E-state index in [9.17, 15) is 18.9 Å². The molecule has 6 heteroatoms. The van der Waals surface area contributed by atoms with Crippen LogP contribution in [-0.4, -0.2) is 10.5 Å². The first kappa shape index (κ1) is 10.8. The molecule has 1 fully saturated rings. The molecule has 1 aromatic carbocycles. The minimum atomic E-state index is -1.48. The Morgan fingerprint density at radius 1 is 1.38 bits per heavy atom. The molecule has 0 heterocycles. The zero-order valence-corrected chi connectivity index (χ0v) is 8.50. The van der Waals surface area contributed by atoms with Crippen molar-refractivity contribution in [1.29, 1.82) is 0 Å². The highest BCUT2D eigenvalue weighted by Gasteiger charge is 2.41. The molecule has 1 aliphatic carbocycles. The molecule has 1 saturated carbocycles. The van der Waals surface area contributed by atoms with Crippen LogP contribution >= 0.6 is 0 Å². The maximum absolute atomic E-state index is 13.4. The van der Waals surface area contributed by atoms with Crippen LogP contribution in [-0.2, 0) is 0 Å². The summed E-state index contributed by atoms with van der Waals surface area (Å²) in [7, 11) is 0. The molecule has 0 spiro atoms. The molecule has 0 N–H and O–H groups in total. The van der Waals surface area contributed by atoms with Gasteiger partial charge in [-0.1, -0.05) is 0 Å². The van der Waals surface area contributed by atoms with Crippen LogP contribution < -0.4 is 4.74 Å². The normalized spacial score (nSPS) is 16.9. The van der Waals surface area contributed by atoms with Crippen LogP contribution in [0.5, 0.6) is 5.75 Å². The van der Waals surface area contributed by atoms with Crippen molar-refractivity contribution in [3.05, 3.63) is 33.9 Å². The third-order valence-electron chi connectivity index (χ3n) is 2.53. The van der Waals surface area contributed by atoms with E-state index in [1.54, 1.807) is 6.92 Å². The number of nitro benzene ring substituents is 1. The minimum Gasteiger partial charge on any atom is -0.484 e. The molecule has 2 rings (SSSR count). The van der Waals surface area contributed by atoms with E-state index in [1.807, 2.05) is 0 Å². The summed E-state index contributed by atoms with van der Waals surface area (Å²) >= 11 is 0. The van der Waals surface area contributed by atoms with Crippen molar-refractivity contribution in [3.8, 4) is 5.75 Å². The van der Waals surface area contributed by atoms with Gasteiger partial charge >= 0.3 is 5.69 Å². The zero-order valence-electron chi connectivity index (χ0n) is 8.50. The van der Waals surface area contributed by atoms with Crippen LogP contribution in [0.2, 0.25) is 0 Å². The lowest BCUT2D eigenvalue weighted by Crippen LogP contribution is -2.13. The molecule has 16 heavy (non-hydrogen) atoms. The van der Waals surface area contributed by atoms with E-state index >= 15 is 0 Å². The van der Waals surface area contributed by atoms with Crippen LogP contribution in [0.3, 0.4) is 0 Å². The largest absolute Gasteiger partial charge is 0.484 e. The summed E-state index contributed by atoms with van der Waals surface area (Å²) in [6, 6.07) is 1.99. The SMILES string of the molecule is CC1(Oc2ccc([N+](=O)[O-])c(F)c2F)CC1. The van der Waals surface area contributed by atoms with Crippen LogP contribution in [0, 0.1) is 21.7 Å². The van der Waals surface area contributed by atoms with Gasteiger partial charge in [0.15, 0.2) is 5.75 Å². The van der Waals surface area contributed by atoms with Gasteiger partial charge in [-0.25, -0.2) is 0 Å². The monoisotopic (exact) mass is 229 g/mol. The first-order valence-corrected chi connectivity index (χ1v) is 4.74. The number of nitrogens with zero attached hydrogens (tertiary/aromatic N) is 1. The topological polar surface area (TPSA) is 52.4 Å². The number of benzene rings is 1. The molecule has 0 aromatic heterocycles. The lowest BCUT2D eigenvalue weighted by molar-refractivity contribution is -0.387. The Labute approximate surface area is 90.0 Å². The molecule has 4 nitrogen and oxygen atoms in total. The standard InChI is InChI=1S/C10H9F2NO3/c1-10(4-5-10)16-7-3-2-6(13(14)15)8(11)9(7)12/h2-3H,4-5H2,1H3. The third kappa shape index (κ3) is 1.82. The quantitative estimate of drug-likeness (QED) is 0.591. The van der Waals surface area contributed by atoms with E-state index in [2.05, 4.69) is 0 Å². The first-order chi connectivity index (χ1) is 7.43. The molecular weight excluding hydrogens is 220 g/mol. The summed E-state index contributed by atoms with van der Waals surface area (Å²) in [4.78, 5) is 9.37. The summed E-state index contributed by atoms with van der Waals surface area (Å²) in [6.07, 6.45) is 1.54. The summed E-state index contributed by atoms with van der Waals surface area (Å²) in [5.41, 5.74) is -1.34. The van der Waals surface area contributed by atoms with Crippen LogP contribution in [0.15, 0.2) is 12.1 Å². The number of halogens is 2. The van der Waals surface area contributed by atoms with Crippen molar-refractivity contribution >= 4 is 5.69 Å². The van der Waals surface area contributed by atoms with E-state index in [0.717, 1.165) is 25.0 Å². The zero-order chi connectivity index (χ0) is 11.9. The third-order valence-corrected chi connectivity index (χ3v) is 2.53. The predicted octanol–water partition coefficient (Wildman–Crippen LogP) is 2.80. The second kappa shape index (κ2) is 3.40. The highest BCUT2D eigenvalue weighted by molar-refractivity contribution is 5.40. The van der Waals surface area contributed by atoms with Crippen LogP contribution in [0.4, 0.5) is 14.5 Å². The number of ether oxygens (including phenoxy) is 1. The molecule has 0 saturated heterocycles. The second-order valence-corrected chi connectivity index (χ2v) is 4.02. The van der Waals surface area contributed by atoms with Crippen LogP contribution in [0.25, 0.3) is 0 Å². The number of hydrogen-bond acceptors (Lipinski definition) is 3. The summed E-state index contributed by atoms with van der Waals surface area (Å²) in [6.45, 7) is 1.77. The van der Waals surface area contributed by atoms with Crippen molar-refractivity contribution in [2.45, 2.75) is 25.4 Å². The van der Waals surface area contributed by atoms with Crippen molar-refractivity contribution in [2.24, 2.45) is 0 Å². The maximum atomic E-state index is 13.4. The summed E-state index contributed by atoms with van der Waals surface area (Å²) < 4.78 is 31.8. The smallest absolute Gasteiger partial charge is 0.308 e. The summed E-state index contributed by atoms with van der Waals surface area (Å²) in [5, 5.41) is 10.3. The molecule has 0 amide bonds. The fourth-order valence-corrected chi connectivity index (χ4v) is 1.28. The highest BCUT2D eigenvalue weighted by Crippen LogP contribution is 2.41. The van der Waals surface area contributed by atoms with Gasteiger partial charge in [-0.15, -0.1) is 0 Å². The molecule has 0 aliphatic heterocycles. The molecule has 86 valence electrons. The van der Waals surface area contributed by atoms with Gasteiger partial charge in [-0.05, 0) is 25.8 Å². The van der Waals surface area contributed by atoms with Gasteiger partial charge in [0, 0.05) is 6.07 Å². The maximum Gasteiger partial charge on any atom is 0.308 e. The van der Waals surface area contributed by atoms with Gasteiger partial charge < -0.3 is 4.74 Å². The van der Waals surface area contributed by atoms with E-state index in [1.165, 1.54) is 0 Å². The Morgan fingerprint density at radius 3 is 2.50 bits per heavy atom. The van der Waals surface area contributed by atoms with E-state index in [4.69, 9.17) is 4.74 Å². The molecule has 0 unspecified atom stereocenters. The highest BCUT2D eigenvalue weighted by atomic mass is 19.2. The molecule has 0 bridgehead atoms. The van der Waals surface area contributed by atoms with Gasteiger partial charge in [-0.2, -0.15) is 8.78 Å². The Bertz CT molecular complexity index is 458. The Kier molecular flexibility index (Phi) is 2.29. The van der Waals surface area contributed by atoms with E-state index < -0.39 is 27.8 Å². The summed E-state index contributed by atoms with van der Waals surface area (Å²) in [5.74, 6) is -3.06. The molecule has 0 atom stereocenters. The van der Waals surface area contributed by atoms with Gasteiger partial charge in [0.25, 0.3) is 0 Å². The fourth-order valence-electron chi connectivity index (χ4n) is 1.28. The first-order valence-electron chi connectivity index (χ1n) is 4.74. The van der Waals surface area contributed by atoms with Gasteiger partial charge in [0.2, 0.25) is 11.6 Å². The van der Waals surface area contributed by atoms with Crippen molar-refractivity contribution in [1.82, 2.24) is 0 Å². The van der Waals surface area contributed by atoms with Gasteiger partial charge in [0.1, 0.15) is 5.60 Å². The molecule has 1 aliphatic rings. The minimum absolute atomic E-state index is 0.275. The Hall–Kier alpha value is -1.72. The van der Waals surface area contributed by atoms with E-state index in [0.29, 0.717) is 0 Å². The van der Waals surface area contributed by atoms with Gasteiger partial charge in [-0.3, -0.25) is 10.1 Å². The number of hydrogen-bond donors (Lipinski definition) is 0. The number of rotatable bonds is 3. The lowest BCUT2D eigenvalue weighted by atomic mass is 10.2. The average Bonchev–Trinajstić information content (AvgIpc) is 2.91. The van der Waals surface area contributed by atoms with Crippen molar-refractivity contribution in [2.75, 3.05) is 0 Å². The average molecular weight is 229 g/mol. The fraction of sp³-hybridized carbons (Fsp3) is 0.400. The van der Waals surface area contributed by atoms with Crippen molar-refractivity contribution < 1.29 is 18.4 Å². The molecule has 1 aromatic rings. The Balaban J connectivity index is 2.34. The Morgan fingerprint density at radius 2 is 2.00 bits per heavy atom.